The summed E-state index contributed by atoms with van der Waals surface area (Å²) >= 11 is 0. The quantitative estimate of drug-likeness (QED) is 0.825. The first-order chi connectivity index (χ1) is 8.61. The first-order valence-electron chi connectivity index (χ1n) is 6.72. The molecule has 2 rings (SSSR count). The number of aryl methyl sites for hydroxylation is 2. The highest BCUT2D eigenvalue weighted by Crippen LogP contribution is 2.26. The number of benzene rings is 1. The third-order valence-electron chi connectivity index (χ3n) is 3.60. The van der Waals surface area contributed by atoms with Gasteiger partial charge in [0.15, 0.2) is 0 Å². The minimum absolute atomic E-state index is 0.0932. The lowest BCUT2D eigenvalue weighted by atomic mass is 10.1. The molecule has 1 aromatic rings. The fourth-order valence-corrected chi connectivity index (χ4v) is 2.60. The highest BCUT2D eigenvalue weighted by Gasteiger charge is 2.24. The molecule has 0 bridgehead atoms. The molecule has 98 valence electrons. The number of rotatable bonds is 1. The molecule has 1 saturated heterocycles. The molecule has 1 aromatic carbocycles. The summed E-state index contributed by atoms with van der Waals surface area (Å²) in [7, 11) is 0. The number of nitrogens with one attached hydrogen (secondary N) is 1. The summed E-state index contributed by atoms with van der Waals surface area (Å²) in [5, 5.41) is 3.28. The standard InChI is InChI=1S/C15H22N2O/c1-11-7-6-8-12(2)14(11)17-10-5-4-9-16-13(3)15(17)18/h6-8,13,16H,4-5,9-10H2,1-3H3. The Balaban J connectivity index is 2.36. The second-order valence-corrected chi connectivity index (χ2v) is 5.11. The van der Waals surface area contributed by atoms with Crippen LogP contribution in [-0.4, -0.2) is 25.0 Å². The minimum Gasteiger partial charge on any atom is -0.311 e. The SMILES string of the molecule is Cc1cccc(C)c1N1CCCCNC(C)C1=O. The number of hydrogen-bond acceptors (Lipinski definition) is 2. The van der Waals surface area contributed by atoms with E-state index in [0.29, 0.717) is 0 Å². The van der Waals surface area contributed by atoms with Gasteiger partial charge in [-0.1, -0.05) is 18.2 Å². The maximum atomic E-state index is 12.5. The van der Waals surface area contributed by atoms with Gasteiger partial charge in [0.25, 0.3) is 0 Å². The van der Waals surface area contributed by atoms with E-state index in [4.69, 9.17) is 0 Å². The molecule has 1 unspecified atom stereocenters. The van der Waals surface area contributed by atoms with Gasteiger partial charge in [0.05, 0.1) is 6.04 Å². The van der Waals surface area contributed by atoms with Crippen molar-refractivity contribution in [3.63, 3.8) is 0 Å². The Bertz CT molecular complexity index is 422. The number of amides is 1. The van der Waals surface area contributed by atoms with Gasteiger partial charge in [-0.25, -0.2) is 0 Å². The molecule has 1 heterocycles. The van der Waals surface area contributed by atoms with Crippen molar-refractivity contribution in [3.05, 3.63) is 29.3 Å². The second kappa shape index (κ2) is 5.53. The molecule has 1 aliphatic rings. The third-order valence-corrected chi connectivity index (χ3v) is 3.60. The maximum absolute atomic E-state index is 12.5. The van der Waals surface area contributed by atoms with E-state index in [-0.39, 0.29) is 11.9 Å². The highest BCUT2D eigenvalue weighted by molar-refractivity contribution is 5.98. The van der Waals surface area contributed by atoms with Gasteiger partial charge in [0.2, 0.25) is 5.91 Å². The van der Waals surface area contributed by atoms with Crippen LogP contribution in [-0.2, 0) is 4.79 Å². The number of carbonyl (C=O) groups is 1. The van der Waals surface area contributed by atoms with Crippen molar-refractivity contribution in [3.8, 4) is 0 Å². The van der Waals surface area contributed by atoms with E-state index in [1.165, 1.54) is 11.1 Å². The summed E-state index contributed by atoms with van der Waals surface area (Å²) in [6, 6.07) is 6.10. The number of hydrogen-bond donors (Lipinski definition) is 1. The van der Waals surface area contributed by atoms with Crippen LogP contribution in [0.5, 0.6) is 0 Å². The van der Waals surface area contributed by atoms with E-state index in [2.05, 4.69) is 31.3 Å². The zero-order valence-electron chi connectivity index (χ0n) is 11.5. The third kappa shape index (κ3) is 2.56. The van der Waals surface area contributed by atoms with Gasteiger partial charge in [-0.15, -0.1) is 0 Å². The second-order valence-electron chi connectivity index (χ2n) is 5.11. The van der Waals surface area contributed by atoms with E-state index < -0.39 is 0 Å². The molecule has 1 atom stereocenters. The Morgan fingerprint density at radius 2 is 1.89 bits per heavy atom. The summed E-state index contributed by atoms with van der Waals surface area (Å²) in [5.74, 6) is 0.187. The molecule has 3 heteroatoms. The molecule has 0 aromatic heterocycles. The zero-order valence-corrected chi connectivity index (χ0v) is 11.5. The van der Waals surface area contributed by atoms with Gasteiger partial charge in [-0.05, 0) is 51.3 Å². The van der Waals surface area contributed by atoms with Crippen LogP contribution in [0.15, 0.2) is 18.2 Å². The van der Waals surface area contributed by atoms with E-state index in [1.54, 1.807) is 0 Å². The molecule has 1 fully saturated rings. The molecule has 3 nitrogen and oxygen atoms in total. The molecule has 1 aliphatic heterocycles. The van der Waals surface area contributed by atoms with Crippen LogP contribution < -0.4 is 10.2 Å². The van der Waals surface area contributed by atoms with Crippen molar-refractivity contribution in [2.45, 2.75) is 39.7 Å². The minimum atomic E-state index is -0.0932. The zero-order chi connectivity index (χ0) is 13.1. The first kappa shape index (κ1) is 13.1. The van der Waals surface area contributed by atoms with Crippen LogP contribution in [0.25, 0.3) is 0 Å². The Kier molecular flexibility index (Phi) is 4.02. The summed E-state index contributed by atoms with van der Waals surface area (Å²) < 4.78 is 0. The molecule has 18 heavy (non-hydrogen) atoms. The molecule has 1 N–H and O–H groups in total. The first-order valence-corrected chi connectivity index (χ1v) is 6.72. The predicted molar refractivity (Wildman–Crippen MR) is 75.0 cm³/mol. The molecule has 0 aliphatic carbocycles. The van der Waals surface area contributed by atoms with Gasteiger partial charge in [0, 0.05) is 12.2 Å². The average molecular weight is 246 g/mol. The Morgan fingerprint density at radius 1 is 1.22 bits per heavy atom. The number of carbonyl (C=O) groups excluding carboxylic acids is 1. The van der Waals surface area contributed by atoms with Crippen molar-refractivity contribution in [2.24, 2.45) is 0 Å². The fourth-order valence-electron chi connectivity index (χ4n) is 2.60. The molecule has 1 amide bonds. The van der Waals surface area contributed by atoms with Crippen molar-refractivity contribution in [1.29, 1.82) is 0 Å². The average Bonchev–Trinajstić information content (AvgIpc) is 2.33. The van der Waals surface area contributed by atoms with Crippen LogP contribution in [0.4, 0.5) is 5.69 Å². The summed E-state index contributed by atoms with van der Waals surface area (Å²) in [6.07, 6.45) is 2.18. The smallest absolute Gasteiger partial charge is 0.243 e. The van der Waals surface area contributed by atoms with Crippen molar-refractivity contribution in [2.75, 3.05) is 18.0 Å². The summed E-state index contributed by atoms with van der Waals surface area (Å²) in [5.41, 5.74) is 3.45. The lowest BCUT2D eigenvalue weighted by molar-refractivity contribution is -0.120. The van der Waals surface area contributed by atoms with E-state index in [1.807, 2.05) is 17.9 Å². The number of anilines is 1. The molecule has 0 radical (unpaired) electrons. The van der Waals surface area contributed by atoms with E-state index in [0.717, 1.165) is 31.6 Å². The fraction of sp³-hybridized carbons (Fsp3) is 0.533. The van der Waals surface area contributed by atoms with Gasteiger partial charge >= 0.3 is 0 Å². The topological polar surface area (TPSA) is 32.3 Å². The van der Waals surface area contributed by atoms with Crippen molar-refractivity contribution < 1.29 is 4.79 Å². The Hall–Kier alpha value is -1.35. The molecule has 0 saturated carbocycles. The Labute approximate surface area is 109 Å². The lowest BCUT2D eigenvalue weighted by Gasteiger charge is -2.31. The van der Waals surface area contributed by atoms with Crippen molar-refractivity contribution in [1.82, 2.24) is 5.32 Å². The van der Waals surface area contributed by atoms with Gasteiger partial charge in [-0.2, -0.15) is 0 Å². The predicted octanol–water partition coefficient (Wildman–Crippen LogP) is 2.41. The monoisotopic (exact) mass is 246 g/mol. The Morgan fingerprint density at radius 3 is 2.56 bits per heavy atom. The van der Waals surface area contributed by atoms with Crippen LogP contribution in [0.1, 0.15) is 30.9 Å². The van der Waals surface area contributed by atoms with Crippen LogP contribution >= 0.6 is 0 Å². The van der Waals surface area contributed by atoms with Crippen LogP contribution in [0.3, 0.4) is 0 Å². The number of nitrogens with zero attached hydrogens (tertiary/aromatic N) is 1. The van der Waals surface area contributed by atoms with Crippen molar-refractivity contribution >= 4 is 11.6 Å². The maximum Gasteiger partial charge on any atom is 0.243 e. The van der Waals surface area contributed by atoms with Gasteiger partial charge in [0.1, 0.15) is 0 Å². The molecule has 0 spiro atoms. The van der Waals surface area contributed by atoms with Crippen LogP contribution in [0, 0.1) is 13.8 Å². The van der Waals surface area contributed by atoms with E-state index in [9.17, 15) is 4.79 Å². The van der Waals surface area contributed by atoms with Gasteiger partial charge < -0.3 is 10.2 Å². The molecular weight excluding hydrogens is 224 g/mol. The van der Waals surface area contributed by atoms with Gasteiger partial charge in [-0.3, -0.25) is 4.79 Å². The number of para-hydroxylation sites is 1. The summed E-state index contributed by atoms with van der Waals surface area (Å²) in [6.45, 7) is 7.87. The molecular formula is C15H22N2O. The normalized spacial score (nSPS) is 21.6. The lowest BCUT2D eigenvalue weighted by Crippen LogP contribution is -2.48. The van der Waals surface area contributed by atoms with E-state index >= 15 is 0 Å². The largest absolute Gasteiger partial charge is 0.311 e. The summed E-state index contributed by atoms with van der Waals surface area (Å²) in [4.78, 5) is 14.4. The van der Waals surface area contributed by atoms with Crippen LogP contribution in [0.2, 0.25) is 0 Å². The highest BCUT2D eigenvalue weighted by atomic mass is 16.2.